The third kappa shape index (κ3) is 2.90. The van der Waals surface area contributed by atoms with Crippen molar-refractivity contribution in [2.75, 3.05) is 14.1 Å². The summed E-state index contributed by atoms with van der Waals surface area (Å²) in [5, 5.41) is 0.310. The second kappa shape index (κ2) is 7.09. The van der Waals surface area contributed by atoms with Crippen LogP contribution in [0.3, 0.4) is 0 Å². The monoisotopic (exact) mass is 439 g/mol. The molecule has 2 unspecified atom stereocenters. The van der Waals surface area contributed by atoms with Crippen molar-refractivity contribution >= 4 is 35.2 Å². The van der Waals surface area contributed by atoms with Crippen molar-refractivity contribution in [2.45, 2.75) is 18.8 Å². The minimum absolute atomic E-state index is 0.128. The third-order valence-corrected chi connectivity index (χ3v) is 6.23. The highest BCUT2D eigenvalue weighted by Crippen LogP contribution is 2.38. The molecule has 0 aromatic heterocycles. The lowest BCUT2D eigenvalue weighted by atomic mass is 10.1. The summed E-state index contributed by atoms with van der Waals surface area (Å²) in [7, 11) is 3.08. The molecular weight excluding hydrogens is 421 g/mol. The Morgan fingerprint density at radius 3 is 2.52 bits per heavy atom. The number of hydrogen-bond acceptors (Lipinski definition) is 5. The Labute approximate surface area is 183 Å². The van der Waals surface area contributed by atoms with Crippen LogP contribution in [0.2, 0.25) is 5.02 Å². The molecule has 0 N–H and O–H groups in total. The largest absolute Gasteiger partial charge is 0.328 e. The van der Waals surface area contributed by atoms with E-state index in [9.17, 15) is 14.0 Å². The molecular formula is C22H19ClFN5O2. The van der Waals surface area contributed by atoms with Gasteiger partial charge in [-0.05, 0) is 17.7 Å². The first-order valence-electron chi connectivity index (χ1n) is 9.76. The molecule has 1 fully saturated rings. The molecule has 2 atom stereocenters. The van der Waals surface area contributed by atoms with Crippen molar-refractivity contribution in [1.82, 2.24) is 19.6 Å². The number of hydrogen-bond donors (Lipinski definition) is 0. The van der Waals surface area contributed by atoms with Gasteiger partial charge in [-0.2, -0.15) is 0 Å². The number of halogens is 2. The normalized spacial score (nSPS) is 22.6. The van der Waals surface area contributed by atoms with E-state index in [0.29, 0.717) is 16.5 Å². The van der Waals surface area contributed by atoms with Crippen molar-refractivity contribution in [2.24, 2.45) is 4.99 Å². The van der Waals surface area contributed by atoms with Gasteiger partial charge in [-0.3, -0.25) is 9.69 Å². The molecule has 31 heavy (non-hydrogen) atoms. The number of fused-ring (bicyclic) bond motifs is 3. The molecule has 0 spiro atoms. The number of nitrogens with zero attached hydrogens (tertiary/aromatic N) is 5. The molecule has 2 aromatic carbocycles. The van der Waals surface area contributed by atoms with Gasteiger partial charge in [-0.1, -0.05) is 48.0 Å². The Morgan fingerprint density at radius 2 is 1.81 bits per heavy atom. The summed E-state index contributed by atoms with van der Waals surface area (Å²) in [5.41, 5.74) is 2.00. The number of imide groups is 1. The van der Waals surface area contributed by atoms with E-state index in [4.69, 9.17) is 16.6 Å². The van der Waals surface area contributed by atoms with Gasteiger partial charge in [0.15, 0.2) is 12.2 Å². The number of urea groups is 1. The number of aliphatic imine (C=N–C) groups is 1. The topological polar surface area (TPSA) is 59.5 Å². The molecule has 0 saturated carbocycles. The molecule has 5 rings (SSSR count). The minimum Gasteiger partial charge on any atom is -0.306 e. The Kier molecular flexibility index (Phi) is 4.48. The van der Waals surface area contributed by atoms with Crippen LogP contribution >= 0.6 is 11.6 Å². The van der Waals surface area contributed by atoms with Gasteiger partial charge in [0.05, 0.1) is 12.2 Å². The highest BCUT2D eigenvalue weighted by molar-refractivity contribution is 6.31. The molecule has 0 aliphatic carbocycles. The van der Waals surface area contributed by atoms with Gasteiger partial charge in [-0.25, -0.2) is 14.2 Å². The smallest absolute Gasteiger partial charge is 0.306 e. The zero-order valence-electron chi connectivity index (χ0n) is 16.9. The van der Waals surface area contributed by atoms with Crippen LogP contribution < -0.4 is 0 Å². The van der Waals surface area contributed by atoms with E-state index >= 15 is 0 Å². The number of carbonyl (C=O) groups excluding carboxylic acids is 2. The van der Waals surface area contributed by atoms with Crippen LogP contribution in [0.1, 0.15) is 11.1 Å². The van der Waals surface area contributed by atoms with E-state index in [-0.39, 0.29) is 12.5 Å². The number of guanidine groups is 1. The molecule has 3 heterocycles. The minimum atomic E-state index is -0.678. The number of benzene rings is 2. The van der Waals surface area contributed by atoms with Crippen LogP contribution in [-0.2, 0) is 11.3 Å². The molecule has 1 saturated heterocycles. The van der Waals surface area contributed by atoms with Crippen LogP contribution in [0, 0.1) is 5.82 Å². The molecule has 158 valence electrons. The van der Waals surface area contributed by atoms with Gasteiger partial charge in [-0.15, -0.1) is 0 Å². The lowest BCUT2D eigenvalue weighted by Crippen LogP contribution is -2.63. The maximum Gasteiger partial charge on any atom is 0.328 e. The molecule has 7 nitrogen and oxygen atoms in total. The van der Waals surface area contributed by atoms with Crippen LogP contribution in [0.5, 0.6) is 0 Å². The fraction of sp³-hybridized carbons (Fsp3) is 0.227. The van der Waals surface area contributed by atoms with E-state index in [1.54, 1.807) is 24.1 Å². The summed E-state index contributed by atoms with van der Waals surface area (Å²) in [6.45, 7) is 0.128. The summed E-state index contributed by atoms with van der Waals surface area (Å²) in [6, 6.07) is 13.1. The van der Waals surface area contributed by atoms with Gasteiger partial charge >= 0.3 is 6.03 Å². The van der Waals surface area contributed by atoms with Gasteiger partial charge in [0.25, 0.3) is 5.91 Å². The third-order valence-electron chi connectivity index (χ3n) is 5.87. The van der Waals surface area contributed by atoms with Gasteiger partial charge in [0, 0.05) is 30.9 Å². The number of carbonyl (C=O) groups is 2. The summed E-state index contributed by atoms with van der Waals surface area (Å²) in [4.78, 5) is 36.2. The Morgan fingerprint density at radius 1 is 1.06 bits per heavy atom. The number of amides is 3. The van der Waals surface area contributed by atoms with Crippen molar-refractivity contribution in [3.05, 3.63) is 76.7 Å². The van der Waals surface area contributed by atoms with Crippen molar-refractivity contribution in [1.29, 1.82) is 0 Å². The highest BCUT2D eigenvalue weighted by atomic mass is 35.5. The predicted octanol–water partition coefficient (Wildman–Crippen LogP) is 3.18. The Balaban J connectivity index is 1.61. The molecule has 0 bridgehead atoms. The van der Waals surface area contributed by atoms with Crippen LogP contribution in [0.4, 0.5) is 9.18 Å². The summed E-state index contributed by atoms with van der Waals surface area (Å²) >= 11 is 6.30. The average molecular weight is 440 g/mol. The van der Waals surface area contributed by atoms with E-state index < -0.39 is 24.1 Å². The summed E-state index contributed by atoms with van der Waals surface area (Å²) in [5.74, 6) is -0.268. The molecule has 0 radical (unpaired) electrons. The van der Waals surface area contributed by atoms with Crippen LogP contribution in [-0.4, -0.2) is 63.8 Å². The Hall–Kier alpha value is -3.39. The quantitative estimate of drug-likeness (QED) is 0.737. The van der Waals surface area contributed by atoms with Crippen molar-refractivity contribution < 1.29 is 14.0 Å². The van der Waals surface area contributed by atoms with Gasteiger partial charge < -0.3 is 14.7 Å². The first-order valence-corrected chi connectivity index (χ1v) is 10.1. The van der Waals surface area contributed by atoms with E-state index in [0.717, 1.165) is 16.2 Å². The lowest BCUT2D eigenvalue weighted by Gasteiger charge is -2.38. The van der Waals surface area contributed by atoms with Gasteiger partial charge in [0.1, 0.15) is 5.82 Å². The number of likely N-dealkylation sites (N-methyl/N-ethyl adjacent to an activating group) is 2. The Bertz CT molecular complexity index is 1130. The van der Waals surface area contributed by atoms with Crippen molar-refractivity contribution in [3.63, 3.8) is 0 Å². The second-order valence-electron chi connectivity index (χ2n) is 7.65. The summed E-state index contributed by atoms with van der Waals surface area (Å²) < 4.78 is 14.6. The molecule has 3 aliphatic heterocycles. The molecule has 3 amide bonds. The predicted molar refractivity (Wildman–Crippen MR) is 114 cm³/mol. The number of rotatable bonds is 3. The van der Waals surface area contributed by atoms with Crippen LogP contribution in [0.25, 0.3) is 5.70 Å². The van der Waals surface area contributed by atoms with Crippen LogP contribution in [0.15, 0.2) is 59.7 Å². The fourth-order valence-electron chi connectivity index (χ4n) is 4.20. The zero-order chi connectivity index (χ0) is 21.9. The first kappa shape index (κ1) is 19.6. The molecule has 2 aromatic rings. The molecule has 9 heteroatoms. The van der Waals surface area contributed by atoms with Crippen molar-refractivity contribution in [3.8, 4) is 0 Å². The average Bonchev–Trinajstić information content (AvgIpc) is 3.31. The SMILES string of the molecule is CN1C(=O)C2C(N=C3N(Cc4c(F)cccc4Cl)C(c4ccccc4)=CN32)N(C)C1=O. The summed E-state index contributed by atoms with van der Waals surface area (Å²) in [6.07, 6.45) is 1.18. The molecule has 3 aliphatic rings. The maximum atomic E-state index is 14.6. The highest BCUT2D eigenvalue weighted by Gasteiger charge is 2.53. The van der Waals surface area contributed by atoms with Gasteiger partial charge in [0.2, 0.25) is 5.96 Å². The maximum absolute atomic E-state index is 14.6. The van der Waals surface area contributed by atoms with E-state index in [1.807, 2.05) is 41.4 Å². The fourth-order valence-corrected chi connectivity index (χ4v) is 4.43. The zero-order valence-corrected chi connectivity index (χ0v) is 17.6. The van der Waals surface area contributed by atoms with E-state index in [1.165, 1.54) is 18.0 Å². The standard InChI is InChI=1S/C22H19ClFN5O2/c1-26-19-18(20(30)27(2)22(26)31)29-12-17(13-7-4-3-5-8-13)28(21(29)25-19)11-14-15(23)9-6-10-16(14)24/h3-10,12,18-19H,11H2,1-2H3. The van der Waals surface area contributed by atoms with E-state index in [2.05, 4.69) is 0 Å². The lowest BCUT2D eigenvalue weighted by molar-refractivity contribution is -0.135. The first-order chi connectivity index (χ1) is 14.9. The second-order valence-corrected chi connectivity index (χ2v) is 8.06.